The smallest absolute Gasteiger partial charge is 0.253 e. The number of carbonyl (C=O) groups is 1. The summed E-state index contributed by atoms with van der Waals surface area (Å²) in [5.74, 6) is 0.114. The summed E-state index contributed by atoms with van der Waals surface area (Å²) in [6, 6.07) is 17.8. The number of piperazine rings is 1. The van der Waals surface area contributed by atoms with Crippen LogP contribution in [0.3, 0.4) is 0 Å². The van der Waals surface area contributed by atoms with Crippen molar-refractivity contribution in [2.24, 2.45) is 0 Å². The SMILES string of the molecule is O=C(c1ccc(Br)cc1)N1CCN(Cc2nc(-c3ccccc3)cs2)CC1. The highest BCUT2D eigenvalue weighted by molar-refractivity contribution is 9.10. The zero-order chi connectivity index (χ0) is 18.6. The quantitative estimate of drug-likeness (QED) is 0.596. The molecule has 0 aliphatic carbocycles. The van der Waals surface area contributed by atoms with E-state index in [9.17, 15) is 4.79 Å². The Labute approximate surface area is 171 Å². The summed E-state index contributed by atoms with van der Waals surface area (Å²) in [6.45, 7) is 4.11. The molecule has 0 saturated carbocycles. The van der Waals surface area contributed by atoms with E-state index in [0.29, 0.717) is 0 Å². The zero-order valence-corrected chi connectivity index (χ0v) is 17.2. The second kappa shape index (κ2) is 8.33. The van der Waals surface area contributed by atoms with Crippen molar-refractivity contribution in [3.05, 3.63) is 75.0 Å². The Morgan fingerprint density at radius 3 is 2.41 bits per heavy atom. The summed E-state index contributed by atoms with van der Waals surface area (Å²) < 4.78 is 0.988. The van der Waals surface area contributed by atoms with Crippen molar-refractivity contribution in [2.45, 2.75) is 6.54 Å². The third kappa shape index (κ3) is 4.46. The van der Waals surface area contributed by atoms with Crippen molar-refractivity contribution in [2.75, 3.05) is 26.2 Å². The van der Waals surface area contributed by atoms with Crippen molar-refractivity contribution in [3.63, 3.8) is 0 Å². The van der Waals surface area contributed by atoms with Crippen molar-refractivity contribution >= 4 is 33.2 Å². The summed E-state index contributed by atoms with van der Waals surface area (Å²) in [5, 5.41) is 3.25. The Bertz CT molecular complexity index is 903. The third-order valence-corrected chi connectivity index (χ3v) is 6.09. The van der Waals surface area contributed by atoms with Gasteiger partial charge in [0, 0.05) is 47.2 Å². The van der Waals surface area contributed by atoms with Crippen LogP contribution in [0.2, 0.25) is 0 Å². The number of benzene rings is 2. The van der Waals surface area contributed by atoms with Crippen LogP contribution in [0, 0.1) is 0 Å². The van der Waals surface area contributed by atoms with Gasteiger partial charge in [-0.2, -0.15) is 0 Å². The molecular formula is C21H20BrN3OS. The maximum atomic E-state index is 12.6. The predicted octanol–water partition coefficient (Wildman–Crippen LogP) is 4.53. The molecule has 138 valence electrons. The molecule has 1 fully saturated rings. The number of amides is 1. The topological polar surface area (TPSA) is 36.4 Å². The second-order valence-electron chi connectivity index (χ2n) is 6.57. The molecule has 0 atom stereocenters. The highest BCUT2D eigenvalue weighted by Crippen LogP contribution is 2.23. The van der Waals surface area contributed by atoms with Gasteiger partial charge in [0.15, 0.2) is 0 Å². The molecule has 1 aliphatic rings. The van der Waals surface area contributed by atoms with Crippen LogP contribution in [0.15, 0.2) is 64.5 Å². The Morgan fingerprint density at radius 2 is 1.70 bits per heavy atom. The highest BCUT2D eigenvalue weighted by Gasteiger charge is 2.22. The van der Waals surface area contributed by atoms with E-state index in [2.05, 4.69) is 38.3 Å². The lowest BCUT2D eigenvalue weighted by atomic mass is 10.2. The first-order valence-corrected chi connectivity index (χ1v) is 10.6. The minimum Gasteiger partial charge on any atom is -0.336 e. The highest BCUT2D eigenvalue weighted by atomic mass is 79.9. The summed E-state index contributed by atoms with van der Waals surface area (Å²) in [4.78, 5) is 21.7. The summed E-state index contributed by atoms with van der Waals surface area (Å²) in [6.07, 6.45) is 0. The van der Waals surface area contributed by atoms with E-state index in [4.69, 9.17) is 4.98 Å². The fourth-order valence-electron chi connectivity index (χ4n) is 3.20. The average Bonchev–Trinajstić information content (AvgIpc) is 3.18. The van der Waals surface area contributed by atoms with E-state index in [1.54, 1.807) is 11.3 Å². The monoisotopic (exact) mass is 441 g/mol. The number of halogens is 1. The molecule has 0 N–H and O–H groups in total. The van der Waals surface area contributed by atoms with Crippen molar-refractivity contribution in [3.8, 4) is 11.3 Å². The van der Waals surface area contributed by atoms with E-state index in [0.717, 1.165) is 59.0 Å². The first-order valence-electron chi connectivity index (χ1n) is 8.96. The standard InChI is InChI=1S/C21H20BrN3OS/c22-18-8-6-17(7-9-18)21(26)25-12-10-24(11-13-25)14-20-23-19(15-27-20)16-4-2-1-3-5-16/h1-9,15H,10-14H2. The Balaban J connectivity index is 1.33. The van der Waals surface area contributed by atoms with Gasteiger partial charge in [-0.15, -0.1) is 11.3 Å². The number of hydrogen-bond donors (Lipinski definition) is 0. The van der Waals surface area contributed by atoms with Crippen LogP contribution in [0.1, 0.15) is 15.4 Å². The van der Waals surface area contributed by atoms with Gasteiger partial charge in [0.25, 0.3) is 5.91 Å². The lowest BCUT2D eigenvalue weighted by molar-refractivity contribution is 0.0628. The molecule has 0 spiro atoms. The number of rotatable bonds is 4. The molecule has 1 aromatic heterocycles. The molecule has 1 amide bonds. The number of thiazole rings is 1. The number of aromatic nitrogens is 1. The molecular weight excluding hydrogens is 422 g/mol. The predicted molar refractivity (Wildman–Crippen MR) is 113 cm³/mol. The molecule has 6 heteroatoms. The van der Waals surface area contributed by atoms with E-state index < -0.39 is 0 Å². The van der Waals surface area contributed by atoms with Crippen LogP contribution in [-0.2, 0) is 6.54 Å². The summed E-state index contributed by atoms with van der Waals surface area (Å²) in [5.41, 5.74) is 2.95. The summed E-state index contributed by atoms with van der Waals surface area (Å²) in [7, 11) is 0. The first-order chi connectivity index (χ1) is 13.2. The van der Waals surface area contributed by atoms with Gasteiger partial charge in [-0.3, -0.25) is 9.69 Å². The van der Waals surface area contributed by atoms with Crippen molar-refractivity contribution in [1.82, 2.24) is 14.8 Å². The fourth-order valence-corrected chi connectivity index (χ4v) is 4.31. The molecule has 2 aromatic carbocycles. The average molecular weight is 442 g/mol. The summed E-state index contributed by atoms with van der Waals surface area (Å²) >= 11 is 5.12. The molecule has 1 saturated heterocycles. The Kier molecular flexibility index (Phi) is 5.66. The normalized spacial score (nSPS) is 15.1. The molecule has 3 aromatic rings. The van der Waals surface area contributed by atoms with Gasteiger partial charge in [0.05, 0.1) is 12.2 Å². The maximum absolute atomic E-state index is 12.6. The van der Waals surface area contributed by atoms with E-state index in [-0.39, 0.29) is 5.91 Å². The van der Waals surface area contributed by atoms with Gasteiger partial charge >= 0.3 is 0 Å². The van der Waals surface area contributed by atoms with Crippen molar-refractivity contribution < 1.29 is 4.79 Å². The minimum atomic E-state index is 0.114. The number of hydrogen-bond acceptors (Lipinski definition) is 4. The molecule has 4 nitrogen and oxygen atoms in total. The lowest BCUT2D eigenvalue weighted by Crippen LogP contribution is -2.48. The van der Waals surface area contributed by atoms with Gasteiger partial charge in [-0.25, -0.2) is 4.98 Å². The molecule has 2 heterocycles. The van der Waals surface area contributed by atoms with Crippen molar-refractivity contribution in [1.29, 1.82) is 0 Å². The third-order valence-electron chi connectivity index (χ3n) is 4.73. The van der Waals surface area contributed by atoms with Gasteiger partial charge in [0.2, 0.25) is 0 Å². The second-order valence-corrected chi connectivity index (χ2v) is 8.43. The Morgan fingerprint density at radius 1 is 1.00 bits per heavy atom. The minimum absolute atomic E-state index is 0.114. The van der Waals surface area contributed by atoms with E-state index in [1.807, 2.05) is 47.4 Å². The van der Waals surface area contributed by atoms with E-state index in [1.165, 1.54) is 0 Å². The van der Waals surface area contributed by atoms with Gasteiger partial charge in [-0.05, 0) is 24.3 Å². The fraction of sp³-hybridized carbons (Fsp3) is 0.238. The molecule has 27 heavy (non-hydrogen) atoms. The van der Waals surface area contributed by atoms with Gasteiger partial charge in [0.1, 0.15) is 5.01 Å². The molecule has 1 aliphatic heterocycles. The van der Waals surface area contributed by atoms with Crippen LogP contribution in [0.25, 0.3) is 11.3 Å². The molecule has 4 rings (SSSR count). The largest absolute Gasteiger partial charge is 0.336 e. The van der Waals surface area contributed by atoms with E-state index >= 15 is 0 Å². The van der Waals surface area contributed by atoms with Crippen LogP contribution in [0.5, 0.6) is 0 Å². The molecule has 0 unspecified atom stereocenters. The van der Waals surface area contributed by atoms with Crippen LogP contribution in [0.4, 0.5) is 0 Å². The number of nitrogens with zero attached hydrogens (tertiary/aromatic N) is 3. The maximum Gasteiger partial charge on any atom is 0.253 e. The molecule has 0 radical (unpaired) electrons. The van der Waals surface area contributed by atoms with Crippen LogP contribution in [-0.4, -0.2) is 46.9 Å². The van der Waals surface area contributed by atoms with Gasteiger partial charge in [-0.1, -0.05) is 46.3 Å². The zero-order valence-electron chi connectivity index (χ0n) is 14.8. The van der Waals surface area contributed by atoms with Crippen LogP contribution >= 0.6 is 27.3 Å². The first kappa shape index (κ1) is 18.3. The number of carbonyl (C=O) groups excluding carboxylic acids is 1. The molecule has 0 bridgehead atoms. The van der Waals surface area contributed by atoms with Gasteiger partial charge < -0.3 is 4.90 Å². The lowest BCUT2D eigenvalue weighted by Gasteiger charge is -2.34. The van der Waals surface area contributed by atoms with Crippen LogP contribution < -0.4 is 0 Å². The Hall–Kier alpha value is -2.02.